The number of hydrogen-bond donors (Lipinski definition) is 1. The Balaban J connectivity index is 2.37. The number of nitrogens with zero attached hydrogens (tertiary/aromatic N) is 1. The summed E-state index contributed by atoms with van der Waals surface area (Å²) < 4.78 is 26.1. The molecule has 0 aliphatic heterocycles. The largest absolute Gasteiger partial charge is 0.329 e. The zero-order valence-corrected chi connectivity index (χ0v) is 7.00. The lowest BCUT2D eigenvalue weighted by Gasteiger charge is -2.12. The zero-order valence-electron chi connectivity index (χ0n) is 7.00. The first-order chi connectivity index (χ1) is 6.12. The Morgan fingerprint density at radius 3 is 2.62 bits per heavy atom. The Labute approximate surface area is 74.8 Å². The Bertz CT molecular complexity index is 313. The van der Waals surface area contributed by atoms with Crippen molar-refractivity contribution in [2.24, 2.45) is 5.73 Å². The maximum Gasteiger partial charge on any atom is 0.260 e. The molecule has 1 saturated carbocycles. The van der Waals surface area contributed by atoms with Crippen LogP contribution in [0.4, 0.5) is 8.78 Å². The lowest BCUT2D eigenvalue weighted by atomic mass is 9.97. The smallest absolute Gasteiger partial charge is 0.260 e. The van der Waals surface area contributed by atoms with Crippen LogP contribution in [0.5, 0.6) is 0 Å². The molecule has 1 aliphatic rings. The average Bonchev–Trinajstić information content (AvgIpc) is 2.72. The molecule has 1 unspecified atom stereocenters. The standard InChI is InChI=1S/C9H10F2N2/c10-9(11)5-8(9,6-12)7-2-1-3-13-4-7/h1-4H,5-6,12H2. The van der Waals surface area contributed by atoms with Crippen LogP contribution in [0.25, 0.3) is 0 Å². The third-order valence-corrected chi connectivity index (χ3v) is 2.66. The van der Waals surface area contributed by atoms with Gasteiger partial charge in [-0.2, -0.15) is 0 Å². The topological polar surface area (TPSA) is 38.9 Å². The minimum Gasteiger partial charge on any atom is -0.329 e. The quantitative estimate of drug-likeness (QED) is 0.752. The van der Waals surface area contributed by atoms with Crippen LogP contribution in [0.15, 0.2) is 24.5 Å². The monoisotopic (exact) mass is 184 g/mol. The fourth-order valence-electron chi connectivity index (χ4n) is 1.63. The molecule has 2 nitrogen and oxygen atoms in total. The Kier molecular flexibility index (Phi) is 1.63. The lowest BCUT2D eigenvalue weighted by molar-refractivity contribution is 0.0895. The molecular weight excluding hydrogens is 174 g/mol. The summed E-state index contributed by atoms with van der Waals surface area (Å²) in [4.78, 5) is 3.82. The van der Waals surface area contributed by atoms with Gasteiger partial charge in [-0.3, -0.25) is 4.98 Å². The molecule has 0 saturated heterocycles. The summed E-state index contributed by atoms with van der Waals surface area (Å²) in [6, 6.07) is 3.31. The van der Waals surface area contributed by atoms with Crippen molar-refractivity contribution in [1.82, 2.24) is 4.98 Å². The predicted molar refractivity (Wildman–Crippen MR) is 44.5 cm³/mol. The SMILES string of the molecule is NCC1(c2cccnc2)CC1(F)F. The van der Waals surface area contributed by atoms with Gasteiger partial charge in [-0.25, -0.2) is 8.78 Å². The number of alkyl halides is 2. The maximum atomic E-state index is 13.0. The molecule has 0 spiro atoms. The Morgan fingerprint density at radius 1 is 1.54 bits per heavy atom. The molecule has 0 amide bonds. The predicted octanol–water partition coefficient (Wildman–Crippen LogP) is 1.32. The van der Waals surface area contributed by atoms with E-state index in [9.17, 15) is 8.78 Å². The number of hydrogen-bond acceptors (Lipinski definition) is 2. The minimum absolute atomic E-state index is 0.0221. The molecule has 1 atom stereocenters. The normalized spacial score (nSPS) is 30.1. The van der Waals surface area contributed by atoms with Gasteiger partial charge in [0.05, 0.1) is 5.41 Å². The number of nitrogens with two attached hydrogens (primary N) is 1. The summed E-state index contributed by atoms with van der Waals surface area (Å²) in [6.07, 6.45) is 2.88. The molecule has 0 aromatic carbocycles. The van der Waals surface area contributed by atoms with Crippen molar-refractivity contribution >= 4 is 0 Å². The van der Waals surface area contributed by atoms with E-state index in [1.54, 1.807) is 18.3 Å². The molecule has 1 aromatic heterocycles. The number of aromatic nitrogens is 1. The third kappa shape index (κ3) is 1.05. The third-order valence-electron chi connectivity index (χ3n) is 2.66. The van der Waals surface area contributed by atoms with Crippen molar-refractivity contribution in [1.29, 1.82) is 0 Å². The molecule has 1 fully saturated rings. The van der Waals surface area contributed by atoms with E-state index in [4.69, 9.17) is 5.73 Å². The molecule has 2 N–H and O–H groups in total. The van der Waals surface area contributed by atoms with E-state index in [-0.39, 0.29) is 13.0 Å². The van der Waals surface area contributed by atoms with Crippen LogP contribution >= 0.6 is 0 Å². The van der Waals surface area contributed by atoms with E-state index in [2.05, 4.69) is 4.98 Å². The van der Waals surface area contributed by atoms with Gasteiger partial charge in [0.25, 0.3) is 5.92 Å². The fourth-order valence-corrected chi connectivity index (χ4v) is 1.63. The highest BCUT2D eigenvalue weighted by Gasteiger charge is 2.71. The molecule has 0 radical (unpaired) electrons. The molecule has 1 heterocycles. The number of rotatable bonds is 2. The van der Waals surface area contributed by atoms with Crippen LogP contribution in [-0.2, 0) is 5.41 Å². The molecule has 1 aliphatic carbocycles. The van der Waals surface area contributed by atoms with Crippen LogP contribution in [-0.4, -0.2) is 17.5 Å². The highest BCUT2D eigenvalue weighted by atomic mass is 19.3. The van der Waals surface area contributed by atoms with Crippen molar-refractivity contribution < 1.29 is 8.78 Å². The number of halogens is 2. The molecule has 1 aromatic rings. The van der Waals surface area contributed by atoms with Crippen molar-refractivity contribution in [2.75, 3.05) is 6.54 Å². The summed E-state index contributed by atoms with van der Waals surface area (Å²) >= 11 is 0. The van der Waals surface area contributed by atoms with Gasteiger partial charge in [0.15, 0.2) is 0 Å². The summed E-state index contributed by atoms with van der Waals surface area (Å²) in [5.74, 6) is -2.65. The van der Waals surface area contributed by atoms with Gasteiger partial charge in [0.1, 0.15) is 0 Å². The number of pyridine rings is 1. The van der Waals surface area contributed by atoms with E-state index in [1.807, 2.05) is 0 Å². The average molecular weight is 184 g/mol. The van der Waals surface area contributed by atoms with Crippen molar-refractivity contribution in [3.8, 4) is 0 Å². The van der Waals surface area contributed by atoms with E-state index >= 15 is 0 Å². The van der Waals surface area contributed by atoms with Crippen LogP contribution in [0.1, 0.15) is 12.0 Å². The zero-order chi connectivity index (χ0) is 9.53. The second-order valence-corrected chi connectivity index (χ2v) is 3.41. The van der Waals surface area contributed by atoms with Crippen LogP contribution in [0, 0.1) is 0 Å². The molecule has 13 heavy (non-hydrogen) atoms. The van der Waals surface area contributed by atoms with Gasteiger partial charge in [-0.05, 0) is 11.6 Å². The Hall–Kier alpha value is -1.03. The summed E-state index contributed by atoms with van der Waals surface area (Å²) in [5.41, 5.74) is 4.78. The van der Waals surface area contributed by atoms with Gasteiger partial charge in [0.2, 0.25) is 0 Å². The van der Waals surface area contributed by atoms with E-state index in [0.29, 0.717) is 5.56 Å². The van der Waals surface area contributed by atoms with Gasteiger partial charge in [-0.15, -0.1) is 0 Å². The molecule has 0 bridgehead atoms. The van der Waals surface area contributed by atoms with E-state index in [1.165, 1.54) is 6.20 Å². The molecular formula is C9H10F2N2. The summed E-state index contributed by atoms with van der Waals surface area (Å²) in [5, 5.41) is 0. The van der Waals surface area contributed by atoms with Gasteiger partial charge in [-0.1, -0.05) is 6.07 Å². The highest BCUT2D eigenvalue weighted by Crippen LogP contribution is 2.60. The van der Waals surface area contributed by atoms with Gasteiger partial charge < -0.3 is 5.73 Å². The van der Waals surface area contributed by atoms with Crippen molar-refractivity contribution in [3.05, 3.63) is 30.1 Å². The molecule has 4 heteroatoms. The van der Waals surface area contributed by atoms with Crippen LogP contribution < -0.4 is 5.73 Å². The maximum absolute atomic E-state index is 13.0. The fraction of sp³-hybridized carbons (Fsp3) is 0.444. The van der Waals surface area contributed by atoms with Crippen LogP contribution in [0.2, 0.25) is 0 Å². The first-order valence-corrected chi connectivity index (χ1v) is 4.11. The van der Waals surface area contributed by atoms with Gasteiger partial charge in [0, 0.05) is 25.4 Å². The van der Waals surface area contributed by atoms with E-state index in [0.717, 1.165) is 0 Å². The van der Waals surface area contributed by atoms with Crippen molar-refractivity contribution in [3.63, 3.8) is 0 Å². The second-order valence-electron chi connectivity index (χ2n) is 3.41. The summed E-state index contributed by atoms with van der Waals surface area (Å²) in [6.45, 7) is -0.0221. The highest BCUT2D eigenvalue weighted by molar-refractivity contribution is 5.36. The minimum atomic E-state index is -2.65. The van der Waals surface area contributed by atoms with Crippen molar-refractivity contribution in [2.45, 2.75) is 17.8 Å². The summed E-state index contributed by atoms with van der Waals surface area (Å²) in [7, 11) is 0. The van der Waals surface area contributed by atoms with Gasteiger partial charge >= 0.3 is 0 Å². The van der Waals surface area contributed by atoms with E-state index < -0.39 is 11.3 Å². The lowest BCUT2D eigenvalue weighted by Crippen LogP contribution is -2.26. The first-order valence-electron chi connectivity index (χ1n) is 4.11. The molecule has 70 valence electrons. The second kappa shape index (κ2) is 2.48. The first kappa shape index (κ1) is 8.56. The molecule has 2 rings (SSSR count). The van der Waals surface area contributed by atoms with Crippen LogP contribution in [0.3, 0.4) is 0 Å². The Morgan fingerprint density at radius 2 is 2.23 bits per heavy atom.